The Morgan fingerprint density at radius 1 is 1.25 bits per heavy atom. The van der Waals surface area contributed by atoms with E-state index in [0.29, 0.717) is 0 Å². The maximum atomic E-state index is 5.21. The van der Waals surface area contributed by atoms with E-state index in [1.54, 1.807) is 7.11 Å². The predicted molar refractivity (Wildman–Crippen MR) is 69.1 cm³/mol. The summed E-state index contributed by atoms with van der Waals surface area (Å²) in [6.45, 7) is 2.08. The van der Waals surface area contributed by atoms with Gasteiger partial charge in [0.25, 0.3) is 0 Å². The van der Waals surface area contributed by atoms with Gasteiger partial charge in [0, 0.05) is 11.8 Å². The zero-order valence-corrected chi connectivity index (χ0v) is 9.82. The first-order chi connectivity index (χ1) is 7.70. The molecule has 1 aromatic carbocycles. The lowest BCUT2D eigenvalue weighted by atomic mass is 9.95. The lowest BCUT2D eigenvalue weighted by molar-refractivity contribution is 0.415. The molecule has 0 aliphatic rings. The quantitative estimate of drug-likeness (QED) is 0.699. The van der Waals surface area contributed by atoms with E-state index in [1.165, 1.54) is 11.0 Å². The molecule has 1 heterocycles. The average Bonchev–Trinajstić information content (AvgIpc) is 2.29. The Balaban J connectivity index is 2.49. The fraction of sp³-hybridized carbons (Fsp3) is 0.154. The number of aryl methyl sites for hydroxylation is 1. The van der Waals surface area contributed by atoms with Gasteiger partial charge in [-0.1, -0.05) is 23.7 Å². The van der Waals surface area contributed by atoms with Crippen molar-refractivity contribution in [1.82, 2.24) is 4.98 Å². The summed E-state index contributed by atoms with van der Waals surface area (Å²) in [6, 6.07) is 10.1. The molecule has 80 valence electrons. The SMILES string of the molecule is Bc1cnc(-c2cccc(OC)c2)c(C)c1. The summed E-state index contributed by atoms with van der Waals surface area (Å²) in [6.07, 6.45) is 1.89. The molecular formula is C13H14BNO. The molecule has 0 spiro atoms. The van der Waals surface area contributed by atoms with E-state index in [0.717, 1.165) is 17.0 Å². The van der Waals surface area contributed by atoms with Crippen LogP contribution >= 0.6 is 0 Å². The monoisotopic (exact) mass is 211 g/mol. The van der Waals surface area contributed by atoms with Crippen LogP contribution < -0.4 is 10.2 Å². The number of pyridine rings is 1. The molecule has 0 saturated heterocycles. The second-order valence-corrected chi connectivity index (χ2v) is 3.91. The molecule has 2 rings (SSSR count). The summed E-state index contributed by atoms with van der Waals surface area (Å²) in [5.41, 5.74) is 4.48. The minimum atomic E-state index is 0.860. The Hall–Kier alpha value is -1.77. The van der Waals surface area contributed by atoms with Crippen molar-refractivity contribution in [2.45, 2.75) is 6.92 Å². The molecule has 2 nitrogen and oxygen atoms in total. The standard InChI is InChI=1S/C13H14BNO/c1-9-6-11(14)8-15-13(9)10-4-3-5-12(7-10)16-2/h3-8H,14H2,1-2H3. The highest BCUT2D eigenvalue weighted by Gasteiger charge is 2.04. The Kier molecular flexibility index (Phi) is 2.95. The molecule has 1 aromatic heterocycles. The van der Waals surface area contributed by atoms with E-state index in [9.17, 15) is 0 Å². The second kappa shape index (κ2) is 4.39. The summed E-state index contributed by atoms with van der Waals surface area (Å²) in [5.74, 6) is 0.860. The van der Waals surface area contributed by atoms with Crippen molar-refractivity contribution in [3.8, 4) is 17.0 Å². The van der Waals surface area contributed by atoms with Crippen LogP contribution in [0.1, 0.15) is 5.56 Å². The number of nitrogens with zero attached hydrogens (tertiary/aromatic N) is 1. The van der Waals surface area contributed by atoms with E-state index in [1.807, 2.05) is 30.5 Å². The third-order valence-corrected chi connectivity index (χ3v) is 2.56. The highest BCUT2D eigenvalue weighted by molar-refractivity contribution is 6.32. The van der Waals surface area contributed by atoms with Crippen LogP contribution in [0.5, 0.6) is 5.75 Å². The van der Waals surface area contributed by atoms with Crippen molar-refractivity contribution in [2.24, 2.45) is 0 Å². The van der Waals surface area contributed by atoms with Gasteiger partial charge in [-0.3, -0.25) is 4.98 Å². The summed E-state index contributed by atoms with van der Waals surface area (Å²) >= 11 is 0. The zero-order valence-electron chi connectivity index (χ0n) is 9.82. The Morgan fingerprint density at radius 2 is 2.06 bits per heavy atom. The third-order valence-electron chi connectivity index (χ3n) is 2.56. The molecule has 0 unspecified atom stereocenters. The summed E-state index contributed by atoms with van der Waals surface area (Å²) < 4.78 is 5.21. The molecule has 0 bridgehead atoms. The largest absolute Gasteiger partial charge is 0.497 e. The minimum Gasteiger partial charge on any atom is -0.497 e. The van der Waals surface area contributed by atoms with E-state index in [4.69, 9.17) is 4.74 Å². The van der Waals surface area contributed by atoms with Crippen LogP contribution in [0.15, 0.2) is 36.5 Å². The van der Waals surface area contributed by atoms with E-state index >= 15 is 0 Å². The van der Waals surface area contributed by atoms with Gasteiger partial charge >= 0.3 is 0 Å². The van der Waals surface area contributed by atoms with Gasteiger partial charge in [-0.25, -0.2) is 0 Å². The zero-order chi connectivity index (χ0) is 11.5. The normalized spacial score (nSPS) is 10.1. The van der Waals surface area contributed by atoms with Crippen LogP contribution in [0, 0.1) is 6.92 Å². The van der Waals surface area contributed by atoms with Crippen LogP contribution in [0.25, 0.3) is 11.3 Å². The Bertz CT molecular complexity index is 511. The molecule has 0 aliphatic carbocycles. The number of rotatable bonds is 2. The van der Waals surface area contributed by atoms with Crippen LogP contribution in [0.4, 0.5) is 0 Å². The molecule has 0 amide bonds. The van der Waals surface area contributed by atoms with Gasteiger partial charge < -0.3 is 4.74 Å². The van der Waals surface area contributed by atoms with E-state index in [2.05, 4.69) is 25.8 Å². The minimum absolute atomic E-state index is 0.860. The predicted octanol–water partition coefficient (Wildman–Crippen LogP) is 1.32. The number of hydrogen-bond acceptors (Lipinski definition) is 2. The number of hydrogen-bond donors (Lipinski definition) is 0. The van der Waals surface area contributed by atoms with E-state index in [-0.39, 0.29) is 0 Å². The lowest BCUT2D eigenvalue weighted by Crippen LogP contribution is -2.05. The summed E-state index contributed by atoms with van der Waals surface area (Å²) in [4.78, 5) is 4.47. The topological polar surface area (TPSA) is 22.1 Å². The molecule has 3 heteroatoms. The third kappa shape index (κ3) is 2.08. The molecule has 0 radical (unpaired) electrons. The Morgan fingerprint density at radius 3 is 2.75 bits per heavy atom. The maximum absolute atomic E-state index is 5.21. The maximum Gasteiger partial charge on any atom is 0.141 e. The Labute approximate surface area is 96.7 Å². The summed E-state index contributed by atoms with van der Waals surface area (Å²) in [5, 5.41) is 0. The van der Waals surface area contributed by atoms with Crippen LogP contribution in [-0.2, 0) is 0 Å². The highest BCUT2D eigenvalue weighted by atomic mass is 16.5. The number of aromatic nitrogens is 1. The first kappa shape index (κ1) is 10.7. The van der Waals surface area contributed by atoms with Gasteiger partial charge in [0.05, 0.1) is 12.8 Å². The van der Waals surface area contributed by atoms with Gasteiger partial charge in [0.15, 0.2) is 0 Å². The number of benzene rings is 1. The fourth-order valence-corrected chi connectivity index (χ4v) is 1.79. The molecule has 2 aromatic rings. The van der Waals surface area contributed by atoms with Gasteiger partial charge in [0.1, 0.15) is 13.6 Å². The average molecular weight is 211 g/mol. The second-order valence-electron chi connectivity index (χ2n) is 3.91. The van der Waals surface area contributed by atoms with Crippen LogP contribution in [0.3, 0.4) is 0 Å². The molecule has 0 atom stereocenters. The van der Waals surface area contributed by atoms with Crippen molar-refractivity contribution in [1.29, 1.82) is 0 Å². The van der Waals surface area contributed by atoms with Crippen molar-refractivity contribution in [3.63, 3.8) is 0 Å². The highest BCUT2D eigenvalue weighted by Crippen LogP contribution is 2.23. The smallest absolute Gasteiger partial charge is 0.141 e. The first-order valence-corrected chi connectivity index (χ1v) is 5.28. The van der Waals surface area contributed by atoms with Gasteiger partial charge in [-0.2, -0.15) is 0 Å². The van der Waals surface area contributed by atoms with Gasteiger partial charge in [0.2, 0.25) is 0 Å². The van der Waals surface area contributed by atoms with Gasteiger partial charge in [-0.15, -0.1) is 0 Å². The molecule has 0 N–H and O–H groups in total. The molecule has 0 aliphatic heterocycles. The molecule has 0 fully saturated rings. The van der Waals surface area contributed by atoms with Crippen LogP contribution in [0.2, 0.25) is 0 Å². The molecule has 0 saturated carbocycles. The fourth-order valence-electron chi connectivity index (χ4n) is 1.79. The lowest BCUT2D eigenvalue weighted by Gasteiger charge is -2.07. The van der Waals surface area contributed by atoms with Crippen molar-refractivity contribution in [3.05, 3.63) is 42.1 Å². The number of ether oxygens (including phenoxy) is 1. The number of methoxy groups -OCH3 is 1. The molecule has 16 heavy (non-hydrogen) atoms. The van der Waals surface area contributed by atoms with Gasteiger partial charge in [-0.05, 0) is 24.6 Å². The van der Waals surface area contributed by atoms with Crippen molar-refractivity contribution < 1.29 is 4.74 Å². The first-order valence-electron chi connectivity index (χ1n) is 5.28. The molecular weight excluding hydrogens is 197 g/mol. The van der Waals surface area contributed by atoms with E-state index < -0.39 is 0 Å². The van der Waals surface area contributed by atoms with Crippen molar-refractivity contribution in [2.75, 3.05) is 7.11 Å². The van der Waals surface area contributed by atoms with Crippen molar-refractivity contribution >= 4 is 13.3 Å². The van der Waals surface area contributed by atoms with Crippen LogP contribution in [-0.4, -0.2) is 19.9 Å². The summed E-state index contributed by atoms with van der Waals surface area (Å²) in [7, 11) is 3.73.